The summed E-state index contributed by atoms with van der Waals surface area (Å²) in [6.07, 6.45) is 5.09. The lowest BCUT2D eigenvalue weighted by Gasteiger charge is -2.33. The number of methoxy groups -OCH3 is 1. The minimum absolute atomic E-state index is 0.152. The first-order valence-corrected chi connectivity index (χ1v) is 11.4. The molecule has 0 N–H and O–H groups in total. The predicted molar refractivity (Wildman–Crippen MR) is 129 cm³/mol. The number of aromatic nitrogens is 1. The van der Waals surface area contributed by atoms with Crippen molar-refractivity contribution in [1.82, 2.24) is 14.8 Å². The van der Waals surface area contributed by atoms with E-state index >= 15 is 0 Å². The average molecular weight is 428 g/mol. The Kier molecular flexibility index (Phi) is 5.66. The topological polar surface area (TPSA) is 45.7 Å². The summed E-state index contributed by atoms with van der Waals surface area (Å²) in [7, 11) is 3.79. The van der Waals surface area contributed by atoms with Crippen molar-refractivity contribution in [2.45, 2.75) is 19.3 Å². The molecule has 2 heterocycles. The summed E-state index contributed by atoms with van der Waals surface area (Å²) in [6, 6.07) is 16.2. The Hall–Kier alpha value is -3.18. The first kappa shape index (κ1) is 20.7. The van der Waals surface area contributed by atoms with E-state index in [1.807, 2.05) is 41.3 Å². The van der Waals surface area contributed by atoms with E-state index in [-0.39, 0.29) is 5.91 Å². The minimum atomic E-state index is 0.152. The van der Waals surface area contributed by atoms with Gasteiger partial charge in [-0.1, -0.05) is 30.3 Å². The molecule has 0 radical (unpaired) electrons. The third-order valence-corrected chi connectivity index (χ3v) is 6.63. The number of ether oxygens (including phenoxy) is 1. The van der Waals surface area contributed by atoms with E-state index in [1.54, 1.807) is 7.11 Å². The number of amides is 1. The van der Waals surface area contributed by atoms with Gasteiger partial charge in [0.1, 0.15) is 5.75 Å². The van der Waals surface area contributed by atoms with Gasteiger partial charge in [0, 0.05) is 31.6 Å². The monoisotopic (exact) mass is 427 g/mol. The van der Waals surface area contributed by atoms with E-state index in [0.717, 1.165) is 84.5 Å². The molecule has 1 amide bonds. The van der Waals surface area contributed by atoms with Crippen molar-refractivity contribution < 1.29 is 9.53 Å². The van der Waals surface area contributed by atoms with Crippen molar-refractivity contribution in [3.8, 4) is 5.75 Å². The number of likely N-dealkylation sites (N-methyl/N-ethyl adjacent to an activating group) is 1. The number of hydrogen-bond acceptors (Lipinski definition) is 4. The molecule has 1 aromatic heterocycles. The number of pyridine rings is 1. The molecule has 1 fully saturated rings. The highest BCUT2D eigenvalue weighted by molar-refractivity contribution is 6.09. The zero-order valence-corrected chi connectivity index (χ0v) is 18.8. The third-order valence-electron chi connectivity index (χ3n) is 6.63. The molecule has 2 aromatic carbocycles. The van der Waals surface area contributed by atoms with Gasteiger partial charge in [0.2, 0.25) is 0 Å². The van der Waals surface area contributed by atoms with Gasteiger partial charge in [0.25, 0.3) is 5.91 Å². The number of fused-ring (bicyclic) bond motifs is 2. The van der Waals surface area contributed by atoms with Crippen LogP contribution in [0.2, 0.25) is 0 Å². The van der Waals surface area contributed by atoms with Gasteiger partial charge in [-0.3, -0.25) is 4.79 Å². The summed E-state index contributed by atoms with van der Waals surface area (Å²) in [4.78, 5) is 23.1. The van der Waals surface area contributed by atoms with Crippen molar-refractivity contribution >= 4 is 28.5 Å². The van der Waals surface area contributed by atoms with Gasteiger partial charge >= 0.3 is 0 Å². The van der Waals surface area contributed by atoms with Crippen LogP contribution in [-0.2, 0) is 6.42 Å². The Bertz CT molecular complexity index is 1180. The number of rotatable bonds is 3. The molecule has 1 aliphatic heterocycles. The standard InChI is InChI=1S/C27H29N3O2/c1-29-14-16-30(17-15-29)27(31)25-22-7-3-4-9-24(22)28-26-20(6-5-8-23(25)26)18-19-10-12-21(32-2)13-11-19/h3-4,7,9-13,18H,5-6,8,14-17H2,1-2H3. The van der Waals surface area contributed by atoms with Gasteiger partial charge in [0.05, 0.1) is 23.9 Å². The molecule has 164 valence electrons. The second-order valence-electron chi connectivity index (χ2n) is 8.72. The molecule has 5 nitrogen and oxygen atoms in total. The number of piperazine rings is 1. The molecule has 1 aliphatic carbocycles. The van der Waals surface area contributed by atoms with Crippen LogP contribution < -0.4 is 4.74 Å². The highest BCUT2D eigenvalue weighted by atomic mass is 16.5. The van der Waals surface area contributed by atoms with Crippen molar-refractivity contribution in [1.29, 1.82) is 0 Å². The van der Waals surface area contributed by atoms with Crippen molar-refractivity contribution in [2.75, 3.05) is 40.3 Å². The number of allylic oxidation sites excluding steroid dienone is 1. The lowest BCUT2D eigenvalue weighted by Crippen LogP contribution is -2.47. The van der Waals surface area contributed by atoms with Gasteiger partial charge in [0.15, 0.2) is 0 Å². The molecule has 32 heavy (non-hydrogen) atoms. The van der Waals surface area contributed by atoms with Gasteiger partial charge in [-0.05, 0) is 67.3 Å². The van der Waals surface area contributed by atoms with Gasteiger partial charge < -0.3 is 14.5 Å². The molecule has 1 saturated heterocycles. The van der Waals surface area contributed by atoms with Crippen LogP contribution in [0.15, 0.2) is 48.5 Å². The summed E-state index contributed by atoms with van der Waals surface area (Å²) in [5.74, 6) is 0.999. The maximum Gasteiger partial charge on any atom is 0.254 e. The molecule has 0 atom stereocenters. The van der Waals surface area contributed by atoms with E-state index < -0.39 is 0 Å². The number of carbonyl (C=O) groups excluding carboxylic acids is 1. The van der Waals surface area contributed by atoms with Gasteiger partial charge in [-0.15, -0.1) is 0 Å². The molecule has 3 aromatic rings. The summed E-state index contributed by atoms with van der Waals surface area (Å²) in [5.41, 5.74) is 6.17. The predicted octanol–water partition coefficient (Wildman–Crippen LogP) is 4.51. The van der Waals surface area contributed by atoms with Crippen LogP contribution in [0.25, 0.3) is 22.6 Å². The fourth-order valence-electron chi connectivity index (χ4n) is 4.79. The zero-order chi connectivity index (χ0) is 22.1. The second kappa shape index (κ2) is 8.75. The van der Waals surface area contributed by atoms with Crippen molar-refractivity contribution in [3.05, 3.63) is 70.9 Å². The van der Waals surface area contributed by atoms with Crippen LogP contribution in [0.1, 0.15) is 40.0 Å². The zero-order valence-electron chi connectivity index (χ0n) is 18.8. The van der Waals surface area contributed by atoms with E-state index in [2.05, 4.69) is 30.2 Å². The summed E-state index contributed by atoms with van der Waals surface area (Å²) in [5, 5.41) is 0.973. The Morgan fingerprint density at radius 2 is 1.75 bits per heavy atom. The van der Waals surface area contributed by atoms with Crippen LogP contribution in [0.4, 0.5) is 0 Å². The quantitative estimate of drug-likeness (QED) is 0.617. The number of carbonyl (C=O) groups is 1. The lowest BCUT2D eigenvalue weighted by atomic mass is 9.85. The second-order valence-corrected chi connectivity index (χ2v) is 8.72. The van der Waals surface area contributed by atoms with E-state index in [9.17, 15) is 4.79 Å². The summed E-state index contributed by atoms with van der Waals surface area (Å²) >= 11 is 0. The molecule has 2 aliphatic rings. The van der Waals surface area contributed by atoms with Crippen LogP contribution >= 0.6 is 0 Å². The SMILES string of the molecule is COc1ccc(C=C2CCCc3c2nc2ccccc2c3C(=O)N2CCN(C)CC2)cc1. The van der Waals surface area contributed by atoms with E-state index in [4.69, 9.17) is 9.72 Å². The average Bonchev–Trinajstić information content (AvgIpc) is 2.83. The molecule has 0 saturated carbocycles. The number of hydrogen-bond donors (Lipinski definition) is 0. The van der Waals surface area contributed by atoms with Crippen LogP contribution in [0.3, 0.4) is 0 Å². The Morgan fingerprint density at radius 3 is 2.50 bits per heavy atom. The fourth-order valence-corrected chi connectivity index (χ4v) is 4.79. The van der Waals surface area contributed by atoms with Gasteiger partial charge in [-0.2, -0.15) is 0 Å². The Morgan fingerprint density at radius 1 is 1.00 bits per heavy atom. The highest BCUT2D eigenvalue weighted by Gasteiger charge is 2.29. The summed E-state index contributed by atoms with van der Waals surface area (Å²) < 4.78 is 5.29. The highest BCUT2D eigenvalue weighted by Crippen LogP contribution is 2.36. The van der Waals surface area contributed by atoms with Crippen molar-refractivity contribution in [2.24, 2.45) is 0 Å². The maximum absolute atomic E-state index is 13.8. The minimum Gasteiger partial charge on any atom is -0.497 e. The van der Waals surface area contributed by atoms with E-state index in [1.165, 1.54) is 5.57 Å². The molecule has 0 unspecified atom stereocenters. The normalized spacial score (nSPS) is 18.1. The first-order valence-electron chi connectivity index (χ1n) is 11.4. The molecule has 5 heteroatoms. The fraction of sp³-hybridized carbons (Fsp3) is 0.333. The number of nitrogens with zero attached hydrogens (tertiary/aromatic N) is 3. The first-order chi connectivity index (χ1) is 15.6. The molecular formula is C27H29N3O2. The largest absolute Gasteiger partial charge is 0.497 e. The molecular weight excluding hydrogens is 398 g/mol. The van der Waals surface area contributed by atoms with Crippen LogP contribution in [0, 0.1) is 0 Å². The van der Waals surface area contributed by atoms with Gasteiger partial charge in [-0.25, -0.2) is 4.98 Å². The molecule has 5 rings (SSSR count). The third kappa shape index (κ3) is 3.89. The Balaban J connectivity index is 1.62. The Labute approximate surface area is 189 Å². The van der Waals surface area contributed by atoms with Crippen LogP contribution in [-0.4, -0.2) is 61.0 Å². The molecule has 0 bridgehead atoms. The smallest absolute Gasteiger partial charge is 0.254 e. The number of benzene rings is 2. The van der Waals surface area contributed by atoms with E-state index in [0.29, 0.717) is 0 Å². The van der Waals surface area contributed by atoms with Crippen LogP contribution in [0.5, 0.6) is 5.75 Å². The lowest BCUT2D eigenvalue weighted by molar-refractivity contribution is 0.0665. The van der Waals surface area contributed by atoms with Crippen molar-refractivity contribution in [3.63, 3.8) is 0 Å². The maximum atomic E-state index is 13.8. The molecule has 0 spiro atoms. The number of para-hydroxylation sites is 1. The summed E-state index contributed by atoms with van der Waals surface area (Å²) in [6.45, 7) is 3.38.